The summed E-state index contributed by atoms with van der Waals surface area (Å²) < 4.78 is 26.0. The molecule has 0 atom stereocenters. The number of rotatable bonds is 4. The van der Waals surface area contributed by atoms with Crippen molar-refractivity contribution in [3.8, 4) is 0 Å². The third-order valence-corrected chi connectivity index (χ3v) is 3.14. The van der Waals surface area contributed by atoms with Crippen molar-refractivity contribution in [3.05, 3.63) is 47.0 Å². The topological polar surface area (TPSA) is 37.3 Å². The first-order valence-corrected chi connectivity index (χ1v) is 6.06. The standard InChI is InChI=1S/C14H11ClF2O2/c15-12-4-3-10-7-9(1-2-11(10)8-12)5-6-14(16,17)13(18)19/h1-4,7-8H,5-6H2,(H,18,19). The summed E-state index contributed by atoms with van der Waals surface area (Å²) >= 11 is 5.85. The molecule has 5 heteroatoms. The van der Waals surface area contributed by atoms with Crippen molar-refractivity contribution in [1.82, 2.24) is 0 Å². The minimum absolute atomic E-state index is 0.0118. The van der Waals surface area contributed by atoms with Gasteiger partial charge in [0, 0.05) is 11.4 Å². The molecular weight excluding hydrogens is 274 g/mol. The van der Waals surface area contributed by atoms with Crippen LogP contribution in [0.1, 0.15) is 12.0 Å². The van der Waals surface area contributed by atoms with Gasteiger partial charge in [-0.25, -0.2) is 4.79 Å². The Hall–Kier alpha value is -1.68. The van der Waals surface area contributed by atoms with Gasteiger partial charge in [-0.05, 0) is 34.9 Å². The first-order valence-electron chi connectivity index (χ1n) is 5.68. The lowest BCUT2D eigenvalue weighted by molar-refractivity contribution is -0.165. The van der Waals surface area contributed by atoms with Crippen LogP contribution in [0.2, 0.25) is 5.02 Å². The number of alkyl halides is 2. The first-order chi connectivity index (χ1) is 8.88. The Morgan fingerprint density at radius 3 is 2.47 bits per heavy atom. The second-order valence-electron chi connectivity index (χ2n) is 4.34. The van der Waals surface area contributed by atoms with Crippen LogP contribution in [0.4, 0.5) is 8.78 Å². The Balaban J connectivity index is 2.18. The van der Waals surface area contributed by atoms with E-state index in [-0.39, 0.29) is 6.42 Å². The van der Waals surface area contributed by atoms with E-state index in [2.05, 4.69) is 0 Å². The summed E-state index contributed by atoms with van der Waals surface area (Å²) in [6, 6.07) is 10.6. The van der Waals surface area contributed by atoms with Gasteiger partial charge in [0.25, 0.3) is 0 Å². The fraction of sp³-hybridized carbons (Fsp3) is 0.214. The smallest absolute Gasteiger partial charge is 0.374 e. The monoisotopic (exact) mass is 284 g/mol. The highest BCUT2D eigenvalue weighted by Gasteiger charge is 2.37. The second-order valence-corrected chi connectivity index (χ2v) is 4.77. The number of carboxylic acid groups (broad SMARTS) is 1. The molecule has 0 spiro atoms. The molecule has 19 heavy (non-hydrogen) atoms. The molecule has 0 heterocycles. The average molecular weight is 285 g/mol. The van der Waals surface area contributed by atoms with E-state index in [1.54, 1.807) is 36.4 Å². The molecule has 0 amide bonds. The van der Waals surface area contributed by atoms with Crippen LogP contribution >= 0.6 is 11.6 Å². The van der Waals surface area contributed by atoms with Crippen LogP contribution in [0.25, 0.3) is 10.8 Å². The van der Waals surface area contributed by atoms with E-state index in [0.717, 1.165) is 10.8 Å². The van der Waals surface area contributed by atoms with Crippen LogP contribution in [0.3, 0.4) is 0 Å². The molecule has 1 N–H and O–H groups in total. The number of fused-ring (bicyclic) bond motifs is 1. The predicted molar refractivity (Wildman–Crippen MR) is 69.9 cm³/mol. The molecule has 2 aromatic rings. The molecule has 2 rings (SSSR count). The van der Waals surface area contributed by atoms with Gasteiger partial charge in [0.15, 0.2) is 0 Å². The normalized spacial score (nSPS) is 11.7. The molecule has 0 aliphatic heterocycles. The third kappa shape index (κ3) is 3.20. The van der Waals surface area contributed by atoms with Crippen LogP contribution in [0.5, 0.6) is 0 Å². The number of carbonyl (C=O) groups is 1. The zero-order valence-electron chi connectivity index (χ0n) is 9.87. The predicted octanol–water partition coefficient (Wildman–Crippen LogP) is 4.15. The maximum atomic E-state index is 13.0. The van der Waals surface area contributed by atoms with Gasteiger partial charge in [-0.15, -0.1) is 0 Å². The summed E-state index contributed by atoms with van der Waals surface area (Å²) in [5.41, 5.74) is 0.677. The summed E-state index contributed by atoms with van der Waals surface area (Å²) in [6.45, 7) is 0. The van der Waals surface area contributed by atoms with Crippen LogP contribution < -0.4 is 0 Å². The zero-order valence-corrected chi connectivity index (χ0v) is 10.6. The van der Waals surface area contributed by atoms with Crippen LogP contribution in [0.15, 0.2) is 36.4 Å². The molecule has 0 radical (unpaired) electrons. The van der Waals surface area contributed by atoms with Crippen LogP contribution in [-0.2, 0) is 11.2 Å². The van der Waals surface area contributed by atoms with Gasteiger partial charge in [0.05, 0.1) is 0 Å². The largest absolute Gasteiger partial charge is 0.477 e. The Labute approximate surface area is 113 Å². The van der Waals surface area contributed by atoms with Crippen molar-refractivity contribution in [2.75, 3.05) is 0 Å². The summed E-state index contributed by atoms with van der Waals surface area (Å²) in [6.07, 6.45) is -0.695. The Kier molecular flexibility index (Phi) is 3.71. The van der Waals surface area contributed by atoms with Crippen molar-refractivity contribution >= 4 is 28.3 Å². The molecule has 0 aliphatic rings. The summed E-state index contributed by atoms with van der Waals surface area (Å²) in [5.74, 6) is -5.77. The average Bonchev–Trinajstić information content (AvgIpc) is 2.36. The Morgan fingerprint density at radius 1 is 1.16 bits per heavy atom. The number of halogens is 3. The highest BCUT2D eigenvalue weighted by atomic mass is 35.5. The number of hydrogen-bond donors (Lipinski definition) is 1. The lowest BCUT2D eigenvalue weighted by Crippen LogP contribution is -2.28. The van der Waals surface area contributed by atoms with E-state index in [0.29, 0.717) is 10.6 Å². The van der Waals surface area contributed by atoms with Gasteiger partial charge < -0.3 is 5.11 Å². The van der Waals surface area contributed by atoms with E-state index in [1.807, 2.05) is 0 Å². The molecule has 0 fully saturated rings. The maximum absolute atomic E-state index is 13.0. The summed E-state index contributed by atoms with van der Waals surface area (Å²) in [4.78, 5) is 10.3. The molecule has 2 nitrogen and oxygen atoms in total. The fourth-order valence-electron chi connectivity index (χ4n) is 1.83. The maximum Gasteiger partial charge on any atom is 0.374 e. The number of hydrogen-bond acceptors (Lipinski definition) is 1. The van der Waals surface area contributed by atoms with Crippen molar-refractivity contribution < 1.29 is 18.7 Å². The van der Waals surface area contributed by atoms with Gasteiger partial charge in [0.2, 0.25) is 0 Å². The fourth-order valence-corrected chi connectivity index (χ4v) is 2.01. The number of carboxylic acids is 1. The number of aryl methyl sites for hydroxylation is 1. The molecular formula is C14H11ClF2O2. The van der Waals surface area contributed by atoms with E-state index < -0.39 is 18.3 Å². The molecule has 0 unspecified atom stereocenters. The van der Waals surface area contributed by atoms with Gasteiger partial charge in [-0.2, -0.15) is 8.78 Å². The second kappa shape index (κ2) is 5.13. The lowest BCUT2D eigenvalue weighted by Gasteiger charge is -2.11. The van der Waals surface area contributed by atoms with Crippen LogP contribution in [0, 0.1) is 0 Å². The lowest BCUT2D eigenvalue weighted by atomic mass is 10.0. The van der Waals surface area contributed by atoms with Gasteiger partial charge in [0.1, 0.15) is 0 Å². The zero-order chi connectivity index (χ0) is 14.0. The Bertz CT molecular complexity index is 626. The number of aliphatic carboxylic acids is 1. The first kappa shape index (κ1) is 13.7. The van der Waals surface area contributed by atoms with Gasteiger partial charge in [-0.1, -0.05) is 35.9 Å². The van der Waals surface area contributed by atoms with Crippen LogP contribution in [-0.4, -0.2) is 17.0 Å². The van der Waals surface area contributed by atoms with Crippen molar-refractivity contribution in [3.63, 3.8) is 0 Å². The van der Waals surface area contributed by atoms with Crippen molar-refractivity contribution in [2.45, 2.75) is 18.8 Å². The van der Waals surface area contributed by atoms with E-state index in [1.165, 1.54) is 0 Å². The van der Waals surface area contributed by atoms with Crippen molar-refractivity contribution in [1.29, 1.82) is 0 Å². The van der Waals surface area contributed by atoms with E-state index in [9.17, 15) is 13.6 Å². The SMILES string of the molecule is O=C(O)C(F)(F)CCc1ccc2cc(Cl)ccc2c1. The molecule has 2 aromatic carbocycles. The molecule has 0 aromatic heterocycles. The van der Waals surface area contributed by atoms with E-state index in [4.69, 9.17) is 16.7 Å². The molecule has 0 aliphatic carbocycles. The van der Waals surface area contributed by atoms with E-state index >= 15 is 0 Å². The summed E-state index contributed by atoms with van der Waals surface area (Å²) in [5, 5.41) is 10.8. The minimum atomic E-state index is -3.69. The molecule has 0 saturated heterocycles. The third-order valence-electron chi connectivity index (χ3n) is 2.91. The molecule has 0 saturated carbocycles. The molecule has 0 bridgehead atoms. The highest BCUT2D eigenvalue weighted by Crippen LogP contribution is 2.24. The van der Waals surface area contributed by atoms with Crippen molar-refractivity contribution in [2.24, 2.45) is 0 Å². The highest BCUT2D eigenvalue weighted by molar-refractivity contribution is 6.31. The Morgan fingerprint density at radius 2 is 1.79 bits per heavy atom. The minimum Gasteiger partial charge on any atom is -0.477 e. The molecule has 100 valence electrons. The quantitative estimate of drug-likeness (QED) is 0.916. The van der Waals surface area contributed by atoms with Gasteiger partial charge in [-0.3, -0.25) is 0 Å². The summed E-state index contributed by atoms with van der Waals surface area (Å²) in [7, 11) is 0. The van der Waals surface area contributed by atoms with Gasteiger partial charge >= 0.3 is 11.9 Å². The number of benzene rings is 2.